The molecule has 2 aliphatic heterocycles. The number of aliphatic hydroxyl groups excluding tert-OH is 1. The molecule has 0 radical (unpaired) electrons. The lowest BCUT2D eigenvalue weighted by atomic mass is 10.1. The third-order valence-corrected chi connectivity index (χ3v) is 3.42. The zero-order valence-electron chi connectivity index (χ0n) is 9.30. The molecular weight excluding hydrogens is 238 g/mol. The van der Waals surface area contributed by atoms with E-state index in [-0.39, 0.29) is 12.2 Å². The van der Waals surface area contributed by atoms with Crippen molar-refractivity contribution in [2.24, 2.45) is 0 Å². The van der Waals surface area contributed by atoms with Gasteiger partial charge in [-0.15, -0.1) is 0 Å². The molecule has 8 nitrogen and oxygen atoms in total. The van der Waals surface area contributed by atoms with Gasteiger partial charge < -0.3 is 20.3 Å². The molecular formula is C10H11N5O3. The minimum Gasteiger partial charge on any atom is -0.386 e. The minimum atomic E-state index is -0.725. The number of fused-ring (bicyclic) bond motifs is 2. The second-order valence-corrected chi connectivity index (χ2v) is 4.44. The van der Waals surface area contributed by atoms with Crippen LogP contribution in [0.2, 0.25) is 0 Å². The Hall–Kier alpha value is -1.77. The van der Waals surface area contributed by atoms with Crippen LogP contribution < -0.4 is 5.73 Å². The maximum Gasteiger partial charge on any atom is 0.167 e. The van der Waals surface area contributed by atoms with Gasteiger partial charge in [0.2, 0.25) is 0 Å². The number of hydrogen-bond acceptors (Lipinski definition) is 7. The monoisotopic (exact) mass is 249 g/mol. The summed E-state index contributed by atoms with van der Waals surface area (Å²) < 4.78 is 12.6. The first-order valence-electron chi connectivity index (χ1n) is 5.64. The fourth-order valence-electron chi connectivity index (χ4n) is 2.43. The van der Waals surface area contributed by atoms with Crippen LogP contribution in [0, 0.1) is 0 Å². The highest BCUT2D eigenvalue weighted by atomic mass is 16.6. The maximum atomic E-state index is 10.1. The number of ether oxygens (including phenoxy) is 2. The minimum absolute atomic E-state index is 0.0540. The quantitative estimate of drug-likeness (QED) is 0.671. The predicted molar refractivity (Wildman–Crippen MR) is 59.4 cm³/mol. The Kier molecular flexibility index (Phi) is 1.91. The standard InChI is InChI=1S/C10H11N5O3/c11-8-5-9(13-2-12-8)15(3-14-5)10-6(16)7-4(18-10)1-17-7/h2-4,6-7,10,16H,1H2,(H2,11,12,13)/t4?,6-,7?,10?/m1/s1. The SMILES string of the molecule is Nc1ncnc2c1ncn2C1OC2COC2[C@H]1O. The first kappa shape index (κ1) is 10.2. The van der Waals surface area contributed by atoms with Crippen LogP contribution in [0.4, 0.5) is 5.82 Å². The first-order valence-corrected chi connectivity index (χ1v) is 5.64. The molecule has 0 aromatic carbocycles. The van der Waals surface area contributed by atoms with E-state index >= 15 is 0 Å². The van der Waals surface area contributed by atoms with E-state index < -0.39 is 12.3 Å². The van der Waals surface area contributed by atoms with Gasteiger partial charge in [-0.1, -0.05) is 0 Å². The summed E-state index contributed by atoms with van der Waals surface area (Å²) in [4.78, 5) is 12.1. The molecule has 0 spiro atoms. The zero-order chi connectivity index (χ0) is 12.3. The van der Waals surface area contributed by atoms with Crippen molar-refractivity contribution in [3.63, 3.8) is 0 Å². The van der Waals surface area contributed by atoms with Gasteiger partial charge in [0, 0.05) is 0 Å². The van der Waals surface area contributed by atoms with E-state index in [4.69, 9.17) is 15.2 Å². The molecule has 0 aliphatic carbocycles. The van der Waals surface area contributed by atoms with Crippen molar-refractivity contribution >= 4 is 17.0 Å². The number of aromatic nitrogens is 4. The lowest BCUT2D eigenvalue weighted by molar-refractivity contribution is -0.156. The molecule has 4 rings (SSSR count). The van der Waals surface area contributed by atoms with Gasteiger partial charge in [-0.2, -0.15) is 0 Å². The highest BCUT2D eigenvalue weighted by Crippen LogP contribution is 2.38. The summed E-state index contributed by atoms with van der Waals surface area (Å²) in [7, 11) is 0. The predicted octanol–water partition coefficient (Wildman–Crippen LogP) is -0.934. The van der Waals surface area contributed by atoms with E-state index in [0.717, 1.165) is 0 Å². The lowest BCUT2D eigenvalue weighted by Gasteiger charge is -2.29. The second kappa shape index (κ2) is 3.37. The fraction of sp³-hybridized carbons (Fsp3) is 0.500. The Balaban J connectivity index is 1.81. The van der Waals surface area contributed by atoms with Crippen molar-refractivity contribution in [3.05, 3.63) is 12.7 Å². The van der Waals surface area contributed by atoms with E-state index in [1.165, 1.54) is 6.33 Å². The summed E-state index contributed by atoms with van der Waals surface area (Å²) in [5.74, 6) is 0.311. The molecule has 2 aliphatic rings. The molecule has 2 saturated heterocycles. The topological polar surface area (TPSA) is 108 Å². The average molecular weight is 249 g/mol. The first-order chi connectivity index (χ1) is 8.75. The average Bonchev–Trinajstić information content (AvgIpc) is 2.81. The summed E-state index contributed by atoms with van der Waals surface area (Å²) in [5.41, 5.74) is 6.77. The number of aliphatic hydroxyl groups is 1. The van der Waals surface area contributed by atoms with E-state index in [1.54, 1.807) is 10.9 Å². The number of rotatable bonds is 1. The third-order valence-electron chi connectivity index (χ3n) is 3.42. The van der Waals surface area contributed by atoms with Crippen molar-refractivity contribution < 1.29 is 14.6 Å². The van der Waals surface area contributed by atoms with Crippen molar-refractivity contribution in [2.45, 2.75) is 24.5 Å². The summed E-state index contributed by atoms with van der Waals surface area (Å²) in [5, 5.41) is 10.1. The molecule has 2 aromatic heterocycles. The largest absolute Gasteiger partial charge is 0.386 e. The van der Waals surface area contributed by atoms with Gasteiger partial charge in [0.25, 0.3) is 0 Å². The van der Waals surface area contributed by atoms with Gasteiger partial charge in [0.1, 0.15) is 30.2 Å². The molecule has 18 heavy (non-hydrogen) atoms. The number of anilines is 1. The number of imidazole rings is 1. The van der Waals surface area contributed by atoms with Crippen LogP contribution >= 0.6 is 0 Å². The zero-order valence-corrected chi connectivity index (χ0v) is 9.30. The lowest BCUT2D eigenvalue weighted by Crippen LogP contribution is -2.46. The van der Waals surface area contributed by atoms with E-state index in [9.17, 15) is 5.11 Å². The van der Waals surface area contributed by atoms with E-state index in [0.29, 0.717) is 23.6 Å². The second-order valence-electron chi connectivity index (χ2n) is 4.44. The normalized spacial score (nSPS) is 34.5. The molecule has 94 valence electrons. The fourth-order valence-corrected chi connectivity index (χ4v) is 2.43. The summed E-state index contributed by atoms with van der Waals surface area (Å²) in [6.07, 6.45) is 1.34. The van der Waals surface area contributed by atoms with Crippen LogP contribution in [0.15, 0.2) is 12.7 Å². The van der Waals surface area contributed by atoms with Crippen LogP contribution in [0.5, 0.6) is 0 Å². The summed E-state index contributed by atoms with van der Waals surface area (Å²) in [6, 6.07) is 0. The van der Waals surface area contributed by atoms with Gasteiger partial charge >= 0.3 is 0 Å². The molecule has 4 heterocycles. The highest BCUT2D eigenvalue weighted by Gasteiger charge is 2.51. The Morgan fingerprint density at radius 2 is 2.28 bits per heavy atom. The van der Waals surface area contributed by atoms with Crippen molar-refractivity contribution in [1.82, 2.24) is 19.5 Å². The number of nitrogen functional groups attached to an aromatic ring is 1. The van der Waals surface area contributed by atoms with Gasteiger partial charge in [-0.05, 0) is 0 Å². The van der Waals surface area contributed by atoms with Gasteiger partial charge in [0.15, 0.2) is 17.7 Å². The van der Waals surface area contributed by atoms with Crippen molar-refractivity contribution in [2.75, 3.05) is 12.3 Å². The number of nitrogens with two attached hydrogens (primary N) is 1. The van der Waals surface area contributed by atoms with Crippen LogP contribution in [0.3, 0.4) is 0 Å². The summed E-state index contributed by atoms with van der Waals surface area (Å²) >= 11 is 0. The molecule has 8 heteroatoms. The van der Waals surface area contributed by atoms with Gasteiger partial charge in [-0.3, -0.25) is 4.57 Å². The Morgan fingerprint density at radius 3 is 2.94 bits per heavy atom. The summed E-state index contributed by atoms with van der Waals surface area (Å²) in [6.45, 7) is 0.516. The van der Waals surface area contributed by atoms with Crippen LogP contribution in [0.1, 0.15) is 6.23 Å². The van der Waals surface area contributed by atoms with Crippen molar-refractivity contribution in [3.8, 4) is 0 Å². The molecule has 3 N–H and O–H groups in total. The molecule has 0 saturated carbocycles. The number of hydrogen-bond donors (Lipinski definition) is 2. The van der Waals surface area contributed by atoms with Crippen LogP contribution in [-0.4, -0.2) is 49.5 Å². The number of nitrogens with zero attached hydrogens (tertiary/aromatic N) is 4. The molecule has 4 atom stereocenters. The van der Waals surface area contributed by atoms with Crippen LogP contribution in [0.25, 0.3) is 11.2 Å². The Labute approximate surface area is 101 Å². The Bertz CT molecular complexity index is 615. The maximum absolute atomic E-state index is 10.1. The Morgan fingerprint density at radius 1 is 1.39 bits per heavy atom. The highest BCUT2D eigenvalue weighted by molar-refractivity contribution is 5.81. The van der Waals surface area contributed by atoms with E-state index in [1.807, 2.05) is 0 Å². The molecule has 3 unspecified atom stereocenters. The van der Waals surface area contributed by atoms with E-state index in [2.05, 4.69) is 15.0 Å². The third kappa shape index (κ3) is 1.17. The van der Waals surface area contributed by atoms with Gasteiger partial charge in [-0.25, -0.2) is 15.0 Å². The molecule has 0 amide bonds. The van der Waals surface area contributed by atoms with Crippen LogP contribution in [-0.2, 0) is 9.47 Å². The molecule has 0 bridgehead atoms. The van der Waals surface area contributed by atoms with Gasteiger partial charge in [0.05, 0.1) is 12.9 Å². The van der Waals surface area contributed by atoms with Crippen molar-refractivity contribution in [1.29, 1.82) is 0 Å². The molecule has 2 fully saturated rings. The smallest absolute Gasteiger partial charge is 0.167 e. The molecule has 2 aromatic rings.